The number of hydrogen-bond donors (Lipinski definition) is 2. The predicted molar refractivity (Wildman–Crippen MR) is 250 cm³/mol. The molecular weight excluding hydrogens is 725 g/mol. The van der Waals surface area contributed by atoms with Gasteiger partial charge in [-0.05, 0) is 38.5 Å². The van der Waals surface area contributed by atoms with Gasteiger partial charge in [-0.1, -0.05) is 234 Å². The zero-order valence-corrected chi connectivity index (χ0v) is 41.0. The monoisotopic (exact) mass is 833 g/mol. The molecular formula is C50H108N2O4S. The molecule has 0 aliphatic carbocycles. The summed E-state index contributed by atoms with van der Waals surface area (Å²) in [6.07, 6.45) is 59.3. The van der Waals surface area contributed by atoms with Crippen LogP contribution in [0.5, 0.6) is 0 Å². The predicted octanol–water partition coefficient (Wildman–Crippen LogP) is 15.1. The van der Waals surface area contributed by atoms with Crippen LogP contribution in [0.4, 0.5) is 0 Å². The van der Waals surface area contributed by atoms with Gasteiger partial charge in [-0.3, -0.25) is 8.42 Å². The Balaban J connectivity index is -0.000000913. The summed E-state index contributed by atoms with van der Waals surface area (Å²) in [5, 5.41) is 0. The molecule has 0 aromatic carbocycles. The zero-order valence-electron chi connectivity index (χ0n) is 40.2. The van der Waals surface area contributed by atoms with Crippen molar-refractivity contribution in [1.29, 1.82) is 0 Å². The van der Waals surface area contributed by atoms with Gasteiger partial charge in [0.1, 0.15) is 0 Å². The molecule has 0 bridgehead atoms. The third kappa shape index (κ3) is 55.8. The van der Waals surface area contributed by atoms with Gasteiger partial charge in [0, 0.05) is 48.9 Å². The third-order valence-electron chi connectivity index (χ3n) is 12.4. The van der Waals surface area contributed by atoms with E-state index in [1.54, 1.807) is 0 Å². The molecule has 0 rings (SSSR count). The number of hydrogen-bond acceptors (Lipinski definition) is 4. The van der Waals surface area contributed by atoms with E-state index < -0.39 is 10.4 Å². The maximum atomic E-state index is 8.52. The van der Waals surface area contributed by atoms with E-state index in [1.807, 2.05) is 0 Å². The quantitative estimate of drug-likeness (QED) is 0.0359. The van der Waals surface area contributed by atoms with E-state index in [1.165, 1.54) is 270 Å². The fourth-order valence-electron chi connectivity index (χ4n) is 8.43. The van der Waals surface area contributed by atoms with Crippen molar-refractivity contribution in [2.75, 3.05) is 0 Å². The minimum absolute atomic E-state index is 0.389. The molecule has 6 nitrogen and oxygen atoms in total. The molecule has 0 fully saturated rings. The Morgan fingerprint density at radius 2 is 0.386 bits per heavy atom. The molecule has 0 aliphatic heterocycles. The molecule has 0 saturated heterocycles. The first-order valence-corrected chi connectivity index (χ1v) is 27.1. The summed E-state index contributed by atoms with van der Waals surface area (Å²) >= 11 is 0. The van der Waals surface area contributed by atoms with Gasteiger partial charge in [-0.15, -0.1) is 0 Å². The van der Waals surface area contributed by atoms with E-state index in [2.05, 4.69) is 41.5 Å². The van der Waals surface area contributed by atoms with Crippen molar-refractivity contribution in [2.45, 2.75) is 322 Å². The number of unbranched alkanes of at least 4 members (excludes halogenated alkanes) is 30. The summed E-state index contributed by atoms with van der Waals surface area (Å²) < 4.78 is 34.1. The van der Waals surface area contributed by atoms with E-state index in [4.69, 9.17) is 29.0 Å². The van der Waals surface area contributed by atoms with Crippen molar-refractivity contribution >= 4 is 10.4 Å². The molecule has 0 radical (unpaired) electrons. The standard InChI is InChI=1S/2C25H53N.H2O4S/c2*1-4-7-10-13-16-19-22-25(26,23-20-17-14-11-8-5-2)24-21-18-15-12-9-6-3;1-5(2,3)4/h2*4-24,26H2,1-3H3;(H2,1,2,3,4). The highest BCUT2D eigenvalue weighted by Gasteiger charge is 2.28. The highest BCUT2D eigenvalue weighted by molar-refractivity contribution is 7.79. The van der Waals surface area contributed by atoms with Crippen molar-refractivity contribution in [3.8, 4) is 0 Å². The summed E-state index contributed by atoms with van der Waals surface area (Å²) in [6.45, 7) is 13.8. The molecule has 0 unspecified atom stereocenters. The van der Waals surface area contributed by atoms with Gasteiger partial charge in [0.15, 0.2) is 0 Å². The van der Waals surface area contributed by atoms with Crippen LogP contribution in [0.3, 0.4) is 0 Å². The molecule has 0 atom stereocenters. The minimum Gasteiger partial charge on any atom is -0.759 e. The summed E-state index contributed by atoms with van der Waals surface area (Å²) in [6, 6.07) is 0. The fraction of sp³-hybridized carbons (Fsp3) is 1.00. The lowest BCUT2D eigenvalue weighted by Crippen LogP contribution is -2.72. The van der Waals surface area contributed by atoms with Gasteiger partial charge in [-0.25, -0.2) is 0 Å². The zero-order chi connectivity index (χ0) is 43.2. The van der Waals surface area contributed by atoms with Crippen LogP contribution in [0.15, 0.2) is 0 Å². The topological polar surface area (TPSA) is 136 Å². The van der Waals surface area contributed by atoms with Gasteiger partial charge >= 0.3 is 0 Å². The van der Waals surface area contributed by atoms with Crippen molar-refractivity contribution in [1.82, 2.24) is 0 Å². The van der Waals surface area contributed by atoms with Crippen molar-refractivity contribution in [3.63, 3.8) is 0 Å². The van der Waals surface area contributed by atoms with Crippen LogP contribution in [0, 0.1) is 0 Å². The second-order valence-corrected chi connectivity index (χ2v) is 19.3. The second-order valence-electron chi connectivity index (χ2n) is 18.5. The number of quaternary nitrogens is 2. The lowest BCUT2D eigenvalue weighted by atomic mass is 9.82. The molecule has 0 aromatic heterocycles. The summed E-state index contributed by atoms with van der Waals surface area (Å²) in [4.78, 5) is 0. The van der Waals surface area contributed by atoms with Crippen molar-refractivity contribution < 1.29 is 29.0 Å². The Morgan fingerprint density at radius 3 is 0.509 bits per heavy atom. The Labute approximate surface area is 360 Å². The minimum atomic E-state index is -5.17. The molecule has 0 heterocycles. The van der Waals surface area contributed by atoms with Gasteiger partial charge in [0.25, 0.3) is 0 Å². The van der Waals surface area contributed by atoms with Gasteiger partial charge in [0.05, 0.1) is 11.1 Å². The van der Waals surface area contributed by atoms with Gasteiger partial charge in [0.2, 0.25) is 0 Å². The molecule has 6 N–H and O–H groups in total. The van der Waals surface area contributed by atoms with E-state index in [-0.39, 0.29) is 0 Å². The molecule has 7 heteroatoms. The van der Waals surface area contributed by atoms with E-state index >= 15 is 0 Å². The normalized spacial score (nSPS) is 12.0. The summed E-state index contributed by atoms with van der Waals surface area (Å²) in [5.74, 6) is 0. The Morgan fingerprint density at radius 1 is 0.281 bits per heavy atom. The first-order chi connectivity index (χ1) is 27.4. The van der Waals surface area contributed by atoms with Crippen LogP contribution in [0.1, 0.15) is 311 Å². The maximum absolute atomic E-state index is 8.52. The van der Waals surface area contributed by atoms with Gasteiger partial charge in [-0.2, -0.15) is 0 Å². The lowest BCUT2D eigenvalue weighted by molar-refractivity contribution is -0.484. The van der Waals surface area contributed by atoms with Crippen LogP contribution in [-0.2, 0) is 10.4 Å². The molecule has 0 saturated carbocycles. The average Bonchev–Trinajstić information content (AvgIpc) is 3.16. The summed E-state index contributed by atoms with van der Waals surface area (Å²) in [7, 11) is -5.17. The molecule has 0 aromatic rings. The molecule has 0 aliphatic rings. The third-order valence-corrected chi connectivity index (χ3v) is 12.4. The molecule has 57 heavy (non-hydrogen) atoms. The van der Waals surface area contributed by atoms with Crippen LogP contribution >= 0.6 is 0 Å². The smallest absolute Gasteiger partial charge is 0.0945 e. The van der Waals surface area contributed by atoms with Crippen LogP contribution in [0.2, 0.25) is 0 Å². The lowest BCUT2D eigenvalue weighted by Gasteiger charge is -2.26. The van der Waals surface area contributed by atoms with Gasteiger partial charge < -0.3 is 20.6 Å². The maximum Gasteiger partial charge on any atom is 0.0945 e. The van der Waals surface area contributed by atoms with E-state index in [0.29, 0.717) is 11.1 Å². The van der Waals surface area contributed by atoms with Crippen LogP contribution < -0.4 is 11.5 Å². The Hall–Kier alpha value is -0.210. The average molecular weight is 833 g/mol. The SMILES string of the molecule is CCCCCCCCC([NH3+])(CCCCCCCC)CCCCCCCC.CCCCCCCCC([NH3+])(CCCCCCCC)CCCCCCCC.O=S(=O)([O-])[O-]. The molecule has 0 amide bonds. The number of rotatable bonds is 42. The second kappa shape index (κ2) is 46.8. The highest BCUT2D eigenvalue weighted by atomic mass is 32.3. The van der Waals surface area contributed by atoms with Crippen molar-refractivity contribution in [3.05, 3.63) is 0 Å². The fourth-order valence-corrected chi connectivity index (χ4v) is 8.43. The van der Waals surface area contributed by atoms with E-state index in [0.717, 1.165) is 0 Å². The largest absolute Gasteiger partial charge is 0.759 e. The Kier molecular flexibility index (Phi) is 50.2. The van der Waals surface area contributed by atoms with Crippen molar-refractivity contribution in [2.24, 2.45) is 0 Å². The Bertz CT molecular complexity index is 710. The van der Waals surface area contributed by atoms with Crippen LogP contribution in [-0.4, -0.2) is 28.6 Å². The first-order valence-electron chi connectivity index (χ1n) is 25.7. The summed E-state index contributed by atoms with van der Waals surface area (Å²) in [5.41, 5.74) is 10.3. The molecule has 348 valence electrons. The van der Waals surface area contributed by atoms with Crippen LogP contribution in [0.25, 0.3) is 0 Å². The van der Waals surface area contributed by atoms with E-state index in [9.17, 15) is 0 Å². The first kappa shape index (κ1) is 61.1. The highest BCUT2D eigenvalue weighted by Crippen LogP contribution is 2.27. The molecule has 0 spiro atoms.